The number of amides is 1. The van der Waals surface area contributed by atoms with Crippen molar-refractivity contribution in [2.24, 2.45) is 0 Å². The number of piperidine rings is 1. The highest BCUT2D eigenvalue weighted by molar-refractivity contribution is 5.92. The predicted molar refractivity (Wildman–Crippen MR) is 97.9 cm³/mol. The van der Waals surface area contributed by atoms with E-state index in [0.717, 1.165) is 71.6 Å². The Kier molecular flexibility index (Phi) is 5.20. The van der Waals surface area contributed by atoms with Crippen molar-refractivity contribution in [3.63, 3.8) is 0 Å². The van der Waals surface area contributed by atoms with Gasteiger partial charge in [0.2, 0.25) is 0 Å². The van der Waals surface area contributed by atoms with E-state index in [0.29, 0.717) is 11.7 Å². The number of aromatic nitrogens is 2. The van der Waals surface area contributed by atoms with Crippen LogP contribution in [0.15, 0.2) is 18.6 Å². The molecule has 26 heavy (non-hydrogen) atoms. The van der Waals surface area contributed by atoms with Crippen LogP contribution < -0.4 is 0 Å². The first-order valence-electron chi connectivity index (χ1n) is 9.76. The molecule has 3 saturated heterocycles. The molecule has 0 radical (unpaired) electrons. The number of likely N-dealkylation sites (tertiary alicyclic amines) is 1. The highest BCUT2D eigenvalue weighted by atomic mass is 16.5. The highest BCUT2D eigenvalue weighted by Crippen LogP contribution is 2.33. The Bertz CT molecular complexity index is 612. The number of hydrogen-bond acceptors (Lipinski definition) is 6. The molecule has 0 N–H and O–H groups in total. The molecule has 0 aromatic carbocycles. The maximum absolute atomic E-state index is 12.6. The summed E-state index contributed by atoms with van der Waals surface area (Å²) in [6.45, 7) is 6.76. The first-order valence-corrected chi connectivity index (χ1v) is 9.76. The van der Waals surface area contributed by atoms with E-state index in [1.807, 2.05) is 4.90 Å². The van der Waals surface area contributed by atoms with E-state index in [2.05, 4.69) is 26.8 Å². The van der Waals surface area contributed by atoms with Crippen LogP contribution in [0, 0.1) is 0 Å². The second-order valence-corrected chi connectivity index (χ2v) is 7.84. The number of rotatable bonds is 2. The minimum Gasteiger partial charge on any atom is -0.381 e. The number of carbonyl (C=O) groups is 1. The van der Waals surface area contributed by atoms with Gasteiger partial charge in [-0.3, -0.25) is 19.6 Å². The van der Waals surface area contributed by atoms with Gasteiger partial charge < -0.3 is 9.64 Å². The summed E-state index contributed by atoms with van der Waals surface area (Å²) in [4.78, 5) is 27.9. The summed E-state index contributed by atoms with van der Waals surface area (Å²) in [5.74, 6) is 0.0100. The van der Waals surface area contributed by atoms with E-state index in [1.54, 1.807) is 18.6 Å². The molecule has 1 aromatic heterocycles. The van der Waals surface area contributed by atoms with Gasteiger partial charge in [-0.25, -0.2) is 4.98 Å². The van der Waals surface area contributed by atoms with Crippen molar-refractivity contribution in [3.05, 3.63) is 24.3 Å². The van der Waals surface area contributed by atoms with Crippen LogP contribution in [0.1, 0.15) is 36.2 Å². The van der Waals surface area contributed by atoms with E-state index < -0.39 is 0 Å². The molecule has 4 heterocycles. The fourth-order valence-corrected chi connectivity index (χ4v) is 4.70. The molecule has 3 aliphatic rings. The van der Waals surface area contributed by atoms with Crippen molar-refractivity contribution in [2.45, 2.75) is 37.3 Å². The average Bonchev–Trinajstić information content (AvgIpc) is 2.71. The molecule has 1 spiro atoms. The number of carbonyl (C=O) groups excluding carboxylic acids is 1. The Morgan fingerprint density at radius 3 is 2.62 bits per heavy atom. The van der Waals surface area contributed by atoms with Gasteiger partial charge in [0.1, 0.15) is 5.69 Å². The number of nitrogens with zero attached hydrogens (tertiary/aromatic N) is 5. The van der Waals surface area contributed by atoms with Crippen molar-refractivity contribution >= 4 is 5.91 Å². The van der Waals surface area contributed by atoms with Gasteiger partial charge in [0.25, 0.3) is 5.91 Å². The van der Waals surface area contributed by atoms with Crippen molar-refractivity contribution in [1.82, 2.24) is 24.7 Å². The Hall–Kier alpha value is -1.57. The summed E-state index contributed by atoms with van der Waals surface area (Å²) in [5.41, 5.74) is 0.731. The largest absolute Gasteiger partial charge is 0.381 e. The molecule has 0 bridgehead atoms. The summed E-state index contributed by atoms with van der Waals surface area (Å²) in [7, 11) is 2.27. The van der Waals surface area contributed by atoms with Crippen molar-refractivity contribution < 1.29 is 9.53 Å². The van der Waals surface area contributed by atoms with Gasteiger partial charge in [-0.1, -0.05) is 0 Å². The lowest BCUT2D eigenvalue weighted by Crippen LogP contribution is -2.65. The Morgan fingerprint density at radius 2 is 1.92 bits per heavy atom. The molecule has 4 rings (SSSR count). The van der Waals surface area contributed by atoms with Crippen molar-refractivity contribution in [2.75, 3.05) is 53.0 Å². The molecule has 1 amide bonds. The number of hydrogen-bond donors (Lipinski definition) is 0. The fourth-order valence-electron chi connectivity index (χ4n) is 4.70. The van der Waals surface area contributed by atoms with E-state index in [9.17, 15) is 4.79 Å². The minimum atomic E-state index is 0.0100. The molecule has 0 unspecified atom stereocenters. The zero-order valence-electron chi connectivity index (χ0n) is 15.6. The lowest BCUT2D eigenvalue weighted by atomic mass is 9.84. The number of likely N-dealkylation sites (N-methyl/N-ethyl adjacent to an activating group) is 1. The van der Waals surface area contributed by atoms with Gasteiger partial charge in [-0.2, -0.15) is 0 Å². The maximum atomic E-state index is 12.6. The van der Waals surface area contributed by atoms with Gasteiger partial charge in [0, 0.05) is 69.9 Å². The van der Waals surface area contributed by atoms with E-state index in [4.69, 9.17) is 4.74 Å². The Balaban J connectivity index is 1.35. The zero-order chi connectivity index (χ0) is 18.0. The normalized spacial score (nSPS) is 25.5. The molecule has 142 valence electrons. The van der Waals surface area contributed by atoms with Gasteiger partial charge in [0.05, 0.1) is 6.20 Å². The second-order valence-electron chi connectivity index (χ2n) is 7.84. The van der Waals surface area contributed by atoms with Crippen LogP contribution in [0.5, 0.6) is 0 Å². The Morgan fingerprint density at radius 1 is 1.15 bits per heavy atom. The SMILES string of the molecule is CN1CCN(C2CCN(C(=O)c3cnccn3)CC2)CC12CCOCC2. The van der Waals surface area contributed by atoms with Gasteiger partial charge in [0.15, 0.2) is 0 Å². The molecule has 0 aliphatic carbocycles. The lowest BCUT2D eigenvalue weighted by Gasteiger charge is -2.53. The molecule has 0 atom stereocenters. The summed E-state index contributed by atoms with van der Waals surface area (Å²) in [5, 5.41) is 0. The van der Waals surface area contributed by atoms with E-state index in [1.165, 1.54) is 0 Å². The minimum absolute atomic E-state index is 0.0100. The molecule has 7 nitrogen and oxygen atoms in total. The monoisotopic (exact) mass is 359 g/mol. The third-order valence-electron chi connectivity index (χ3n) is 6.50. The smallest absolute Gasteiger partial charge is 0.274 e. The van der Waals surface area contributed by atoms with E-state index >= 15 is 0 Å². The summed E-state index contributed by atoms with van der Waals surface area (Å²) in [6, 6.07) is 0.578. The zero-order valence-corrected chi connectivity index (χ0v) is 15.6. The van der Waals surface area contributed by atoms with Crippen LogP contribution in [-0.4, -0.2) is 95.1 Å². The van der Waals surface area contributed by atoms with Crippen LogP contribution in [0.25, 0.3) is 0 Å². The topological polar surface area (TPSA) is 61.8 Å². The number of ether oxygens (including phenoxy) is 1. The molecule has 3 fully saturated rings. The molecular weight excluding hydrogens is 330 g/mol. The third kappa shape index (κ3) is 3.48. The molecule has 1 aromatic rings. The maximum Gasteiger partial charge on any atom is 0.274 e. The van der Waals surface area contributed by atoms with E-state index in [-0.39, 0.29) is 11.4 Å². The van der Waals surface area contributed by atoms with Crippen molar-refractivity contribution in [1.29, 1.82) is 0 Å². The Labute approximate surface area is 155 Å². The quantitative estimate of drug-likeness (QED) is 0.781. The average molecular weight is 359 g/mol. The molecular formula is C19H29N5O2. The predicted octanol–water partition coefficient (Wildman–Crippen LogP) is 0.878. The third-order valence-corrected chi connectivity index (χ3v) is 6.50. The fraction of sp³-hybridized carbons (Fsp3) is 0.737. The molecule has 0 saturated carbocycles. The standard InChI is InChI=1S/C19H29N5O2/c1-22-10-11-24(15-19(22)4-12-26-13-5-19)16-2-8-23(9-3-16)18(25)17-14-20-6-7-21-17/h6-7,14,16H,2-5,8-13,15H2,1H3. The summed E-state index contributed by atoms with van der Waals surface area (Å²) in [6.07, 6.45) is 9.09. The van der Waals surface area contributed by atoms with Crippen LogP contribution in [-0.2, 0) is 4.74 Å². The molecule has 3 aliphatic heterocycles. The van der Waals surface area contributed by atoms with Gasteiger partial charge in [-0.15, -0.1) is 0 Å². The van der Waals surface area contributed by atoms with Crippen LogP contribution in [0.3, 0.4) is 0 Å². The van der Waals surface area contributed by atoms with Gasteiger partial charge in [-0.05, 0) is 32.7 Å². The van der Waals surface area contributed by atoms with Crippen LogP contribution in [0.4, 0.5) is 0 Å². The summed E-state index contributed by atoms with van der Waals surface area (Å²) < 4.78 is 5.61. The van der Waals surface area contributed by atoms with Crippen LogP contribution >= 0.6 is 0 Å². The summed E-state index contributed by atoms with van der Waals surface area (Å²) >= 11 is 0. The van der Waals surface area contributed by atoms with Crippen molar-refractivity contribution in [3.8, 4) is 0 Å². The van der Waals surface area contributed by atoms with Gasteiger partial charge >= 0.3 is 0 Å². The highest BCUT2D eigenvalue weighted by Gasteiger charge is 2.43. The number of piperazine rings is 1. The van der Waals surface area contributed by atoms with Crippen LogP contribution in [0.2, 0.25) is 0 Å². The first kappa shape index (κ1) is 17.8. The second kappa shape index (κ2) is 7.58. The lowest BCUT2D eigenvalue weighted by molar-refractivity contribution is -0.0744. The molecule has 7 heteroatoms. The first-order chi connectivity index (χ1) is 12.7.